The first kappa shape index (κ1) is 17.8. The Balaban J connectivity index is 0.000000593. The van der Waals surface area contributed by atoms with Gasteiger partial charge in [0.1, 0.15) is 6.10 Å². The van der Waals surface area contributed by atoms with E-state index in [1.165, 1.54) is 24.3 Å². The molecule has 2 rings (SSSR count). The van der Waals surface area contributed by atoms with Gasteiger partial charge in [-0.25, -0.2) is 4.79 Å². The molecule has 0 aliphatic rings. The zero-order valence-electron chi connectivity index (χ0n) is 11.7. The largest absolute Gasteiger partial charge is 0.503 e. The van der Waals surface area contributed by atoms with Gasteiger partial charge in [0, 0.05) is 17.7 Å². The number of hydrogen-bond donors (Lipinski definition) is 3. The van der Waals surface area contributed by atoms with Gasteiger partial charge in [-0.15, -0.1) is 0 Å². The van der Waals surface area contributed by atoms with Gasteiger partial charge in [0.05, 0.1) is 4.92 Å². The summed E-state index contributed by atoms with van der Waals surface area (Å²) >= 11 is 0. The molecule has 0 heterocycles. The first-order valence-corrected chi connectivity index (χ1v) is 6.26. The summed E-state index contributed by atoms with van der Waals surface area (Å²) in [6.45, 7) is 0. The minimum absolute atomic E-state index is 0.0919. The van der Waals surface area contributed by atoms with Gasteiger partial charge in [0.2, 0.25) is 0 Å². The number of aliphatic hydroxyl groups is 1. The summed E-state index contributed by atoms with van der Waals surface area (Å²) in [6, 6.07) is 13.7. The molecule has 23 heavy (non-hydrogen) atoms. The third kappa shape index (κ3) is 5.56. The van der Waals surface area contributed by atoms with Crippen molar-refractivity contribution in [2.24, 2.45) is 0 Å². The molecule has 120 valence electrons. The molecular formula is C15H13NO7. The van der Waals surface area contributed by atoms with Gasteiger partial charge >= 0.3 is 6.16 Å². The Labute approximate surface area is 130 Å². The van der Waals surface area contributed by atoms with Gasteiger partial charge < -0.3 is 15.3 Å². The monoisotopic (exact) mass is 319 g/mol. The van der Waals surface area contributed by atoms with Gasteiger partial charge in [0.25, 0.3) is 5.69 Å². The molecule has 0 fully saturated rings. The van der Waals surface area contributed by atoms with E-state index in [9.17, 15) is 20.0 Å². The molecule has 0 spiro atoms. The van der Waals surface area contributed by atoms with Crippen LogP contribution in [0, 0.1) is 10.1 Å². The lowest BCUT2D eigenvalue weighted by molar-refractivity contribution is -0.384. The Hall–Kier alpha value is -3.26. The highest BCUT2D eigenvalue weighted by atomic mass is 16.6. The molecule has 0 aromatic heterocycles. The number of Topliss-reactive ketones (excluding diaryl/α,β-unsaturated/α-hetero) is 1. The maximum Gasteiger partial charge on any atom is 0.503 e. The number of non-ortho nitro benzene ring substituents is 1. The number of nitro benzene ring substituents is 1. The lowest BCUT2D eigenvalue weighted by Crippen LogP contribution is -2.12. The predicted molar refractivity (Wildman–Crippen MR) is 79.5 cm³/mol. The van der Waals surface area contributed by atoms with Crippen molar-refractivity contribution >= 4 is 17.6 Å². The normalized spacial score (nSPS) is 10.8. The van der Waals surface area contributed by atoms with Crippen molar-refractivity contribution < 1.29 is 29.8 Å². The van der Waals surface area contributed by atoms with Crippen LogP contribution in [0.3, 0.4) is 0 Å². The number of carbonyl (C=O) groups is 2. The zero-order chi connectivity index (χ0) is 17.4. The van der Waals surface area contributed by atoms with E-state index in [2.05, 4.69) is 0 Å². The quantitative estimate of drug-likeness (QED) is 0.447. The minimum Gasteiger partial charge on any atom is -0.450 e. The lowest BCUT2D eigenvalue weighted by atomic mass is 10.00. The maximum atomic E-state index is 12.0. The van der Waals surface area contributed by atoms with Crippen molar-refractivity contribution in [2.45, 2.75) is 6.10 Å². The second-order valence-electron chi connectivity index (χ2n) is 4.26. The van der Waals surface area contributed by atoms with E-state index < -0.39 is 23.0 Å². The molecule has 0 saturated heterocycles. The van der Waals surface area contributed by atoms with Crippen molar-refractivity contribution in [1.82, 2.24) is 0 Å². The Morgan fingerprint density at radius 2 is 1.43 bits per heavy atom. The van der Waals surface area contributed by atoms with E-state index in [0.29, 0.717) is 5.56 Å². The molecule has 0 saturated carbocycles. The van der Waals surface area contributed by atoms with Crippen molar-refractivity contribution in [3.8, 4) is 0 Å². The highest BCUT2D eigenvalue weighted by molar-refractivity contribution is 6.00. The third-order valence-corrected chi connectivity index (χ3v) is 2.73. The molecule has 2 aromatic carbocycles. The van der Waals surface area contributed by atoms with Crippen LogP contribution >= 0.6 is 0 Å². The van der Waals surface area contributed by atoms with Crippen LogP contribution in [0.4, 0.5) is 10.5 Å². The van der Waals surface area contributed by atoms with Crippen molar-refractivity contribution in [3.63, 3.8) is 0 Å². The number of rotatable bonds is 4. The molecule has 8 heteroatoms. The molecule has 0 amide bonds. The smallest absolute Gasteiger partial charge is 0.450 e. The number of carbonyl (C=O) groups excluding carboxylic acids is 1. The molecule has 0 bridgehead atoms. The number of ketones is 1. The fraction of sp³-hybridized carbons (Fsp3) is 0.0667. The Morgan fingerprint density at radius 1 is 0.957 bits per heavy atom. The Morgan fingerprint density at radius 3 is 1.87 bits per heavy atom. The van der Waals surface area contributed by atoms with E-state index in [-0.39, 0.29) is 11.3 Å². The first-order chi connectivity index (χ1) is 10.8. The van der Waals surface area contributed by atoms with Crippen LogP contribution in [0.25, 0.3) is 0 Å². The number of nitro groups is 1. The van der Waals surface area contributed by atoms with E-state index in [0.717, 1.165) is 0 Å². The standard InChI is InChI=1S/C14H11NO4.CH2O3/c16-13(10-4-2-1-3-5-10)14(17)11-6-8-12(9-7-11)15(18)19;2-1(3)4/h1-9,13,16H;(H2,2,3,4). The molecule has 0 aliphatic heterocycles. The topological polar surface area (TPSA) is 138 Å². The van der Waals surface area contributed by atoms with Crippen LogP contribution in [-0.4, -0.2) is 32.2 Å². The van der Waals surface area contributed by atoms with Crippen molar-refractivity contribution in [3.05, 3.63) is 75.8 Å². The second-order valence-corrected chi connectivity index (χ2v) is 4.26. The number of carboxylic acid groups (broad SMARTS) is 2. The fourth-order valence-electron chi connectivity index (χ4n) is 1.69. The molecule has 1 unspecified atom stereocenters. The molecule has 2 aromatic rings. The van der Waals surface area contributed by atoms with Gasteiger partial charge in [-0.3, -0.25) is 14.9 Å². The van der Waals surface area contributed by atoms with Crippen LogP contribution in [0.1, 0.15) is 22.0 Å². The van der Waals surface area contributed by atoms with Crippen molar-refractivity contribution in [2.75, 3.05) is 0 Å². The number of hydrogen-bond acceptors (Lipinski definition) is 5. The van der Waals surface area contributed by atoms with E-state index >= 15 is 0 Å². The molecular weight excluding hydrogens is 306 g/mol. The van der Waals surface area contributed by atoms with Gasteiger partial charge in [-0.2, -0.15) is 0 Å². The summed E-state index contributed by atoms with van der Waals surface area (Å²) in [7, 11) is 0. The summed E-state index contributed by atoms with van der Waals surface area (Å²) < 4.78 is 0. The van der Waals surface area contributed by atoms with Gasteiger partial charge in [0.15, 0.2) is 5.78 Å². The summed E-state index contributed by atoms with van der Waals surface area (Å²) in [5.74, 6) is -0.485. The fourth-order valence-corrected chi connectivity index (χ4v) is 1.69. The molecule has 8 nitrogen and oxygen atoms in total. The summed E-state index contributed by atoms with van der Waals surface area (Å²) in [5.41, 5.74) is 0.638. The average molecular weight is 319 g/mol. The number of nitrogens with zero attached hydrogens (tertiary/aromatic N) is 1. The molecule has 3 N–H and O–H groups in total. The Bertz CT molecular complexity index is 679. The second kappa shape index (κ2) is 8.25. The average Bonchev–Trinajstić information content (AvgIpc) is 2.54. The van der Waals surface area contributed by atoms with Crippen molar-refractivity contribution in [1.29, 1.82) is 0 Å². The van der Waals surface area contributed by atoms with E-state index in [4.69, 9.17) is 15.0 Å². The molecule has 0 radical (unpaired) electrons. The third-order valence-electron chi connectivity index (χ3n) is 2.73. The molecule has 1 atom stereocenters. The Kier molecular flexibility index (Phi) is 6.38. The predicted octanol–water partition coefficient (Wildman–Crippen LogP) is 2.73. The van der Waals surface area contributed by atoms with Crippen LogP contribution in [0.5, 0.6) is 0 Å². The van der Waals surface area contributed by atoms with E-state index in [1.54, 1.807) is 30.3 Å². The van der Waals surface area contributed by atoms with Crippen LogP contribution < -0.4 is 0 Å². The lowest BCUT2D eigenvalue weighted by Gasteiger charge is -2.09. The summed E-state index contributed by atoms with van der Waals surface area (Å²) in [6.07, 6.45) is -3.09. The summed E-state index contributed by atoms with van der Waals surface area (Å²) in [5, 5.41) is 34.4. The SMILES string of the molecule is O=C(O)O.O=C(c1ccc([N+](=O)[O-])cc1)C(O)c1ccccc1. The summed E-state index contributed by atoms with van der Waals surface area (Å²) in [4.78, 5) is 30.5. The number of aliphatic hydroxyl groups excluding tert-OH is 1. The maximum absolute atomic E-state index is 12.0. The van der Waals surface area contributed by atoms with Gasteiger partial charge in [-0.1, -0.05) is 30.3 Å². The highest BCUT2D eigenvalue weighted by Gasteiger charge is 2.19. The van der Waals surface area contributed by atoms with Gasteiger partial charge in [-0.05, 0) is 17.7 Å². The first-order valence-electron chi connectivity index (χ1n) is 6.26. The zero-order valence-corrected chi connectivity index (χ0v) is 11.7. The number of benzene rings is 2. The van der Waals surface area contributed by atoms with E-state index in [1.807, 2.05) is 0 Å². The van der Waals surface area contributed by atoms with Crippen LogP contribution in [-0.2, 0) is 0 Å². The minimum atomic E-state index is -1.83. The highest BCUT2D eigenvalue weighted by Crippen LogP contribution is 2.20. The van der Waals surface area contributed by atoms with Crippen LogP contribution in [0.2, 0.25) is 0 Å². The molecule has 0 aliphatic carbocycles. The van der Waals surface area contributed by atoms with Crippen LogP contribution in [0.15, 0.2) is 54.6 Å².